The average Bonchev–Trinajstić information content (AvgIpc) is 2.44. The molecule has 1 aromatic rings. The van der Waals surface area contributed by atoms with Gasteiger partial charge in [-0.25, -0.2) is 0 Å². The van der Waals surface area contributed by atoms with E-state index in [1.807, 2.05) is 13.0 Å². The quantitative estimate of drug-likeness (QED) is 0.797. The molecule has 3 N–H and O–H groups in total. The Bertz CT molecular complexity index is 447. The molecular weight excluding hydrogens is 256 g/mol. The van der Waals surface area contributed by atoms with Gasteiger partial charge in [0, 0.05) is 12.6 Å². The Morgan fingerprint density at radius 2 is 2.00 bits per heavy atom. The molecule has 0 aliphatic heterocycles. The molecule has 1 atom stereocenters. The number of amides is 1. The summed E-state index contributed by atoms with van der Waals surface area (Å²) in [4.78, 5) is 11.8. The fourth-order valence-electron chi connectivity index (χ4n) is 1.57. The standard InChI is InChI=1S/C15H24N2O3/c1-10(2)11(3)17-15(18)9-20-14-7-12(8-16)5-6-13(14)19-4/h5-7,10-11H,8-9,16H2,1-4H3,(H,17,18). The topological polar surface area (TPSA) is 73.6 Å². The molecule has 5 nitrogen and oxygen atoms in total. The van der Waals surface area contributed by atoms with Crippen molar-refractivity contribution in [2.75, 3.05) is 13.7 Å². The number of hydrogen-bond donors (Lipinski definition) is 2. The maximum absolute atomic E-state index is 11.8. The number of nitrogens with two attached hydrogens (primary N) is 1. The molecule has 1 unspecified atom stereocenters. The molecule has 20 heavy (non-hydrogen) atoms. The number of benzene rings is 1. The Kier molecular flexibility index (Phi) is 6.31. The van der Waals surface area contributed by atoms with Gasteiger partial charge >= 0.3 is 0 Å². The van der Waals surface area contributed by atoms with Crippen LogP contribution < -0.4 is 20.5 Å². The molecule has 5 heteroatoms. The highest BCUT2D eigenvalue weighted by atomic mass is 16.5. The Morgan fingerprint density at radius 3 is 2.55 bits per heavy atom. The van der Waals surface area contributed by atoms with Crippen LogP contribution in [0.1, 0.15) is 26.3 Å². The van der Waals surface area contributed by atoms with E-state index in [1.54, 1.807) is 19.2 Å². The zero-order valence-electron chi connectivity index (χ0n) is 12.6. The van der Waals surface area contributed by atoms with Crippen molar-refractivity contribution in [3.63, 3.8) is 0 Å². The summed E-state index contributed by atoms with van der Waals surface area (Å²) in [6, 6.07) is 5.56. The normalized spacial score (nSPS) is 12.1. The molecule has 0 aliphatic rings. The minimum absolute atomic E-state index is 0.0402. The first kappa shape index (κ1) is 16.3. The van der Waals surface area contributed by atoms with Gasteiger partial charge in [0.2, 0.25) is 0 Å². The fourth-order valence-corrected chi connectivity index (χ4v) is 1.57. The van der Waals surface area contributed by atoms with Crippen LogP contribution in [0, 0.1) is 5.92 Å². The van der Waals surface area contributed by atoms with Crippen molar-refractivity contribution >= 4 is 5.91 Å². The van der Waals surface area contributed by atoms with Crippen LogP contribution in [0.3, 0.4) is 0 Å². The van der Waals surface area contributed by atoms with Crippen molar-refractivity contribution in [3.05, 3.63) is 23.8 Å². The lowest BCUT2D eigenvalue weighted by atomic mass is 10.1. The van der Waals surface area contributed by atoms with Gasteiger partial charge in [-0.3, -0.25) is 4.79 Å². The van der Waals surface area contributed by atoms with Gasteiger partial charge < -0.3 is 20.5 Å². The maximum Gasteiger partial charge on any atom is 0.258 e. The number of methoxy groups -OCH3 is 1. The summed E-state index contributed by atoms with van der Waals surface area (Å²) in [5, 5.41) is 2.89. The highest BCUT2D eigenvalue weighted by molar-refractivity contribution is 5.77. The van der Waals surface area contributed by atoms with Gasteiger partial charge in [-0.1, -0.05) is 19.9 Å². The molecule has 0 bridgehead atoms. The van der Waals surface area contributed by atoms with Crippen LogP contribution in [0.2, 0.25) is 0 Å². The monoisotopic (exact) mass is 280 g/mol. The summed E-state index contributed by atoms with van der Waals surface area (Å²) in [7, 11) is 1.56. The number of carbonyl (C=O) groups excluding carboxylic acids is 1. The molecule has 1 rings (SSSR count). The van der Waals surface area contributed by atoms with Gasteiger partial charge in [-0.2, -0.15) is 0 Å². The lowest BCUT2D eigenvalue weighted by molar-refractivity contribution is -0.124. The molecule has 0 spiro atoms. The smallest absolute Gasteiger partial charge is 0.258 e. The van der Waals surface area contributed by atoms with Gasteiger partial charge in [0.15, 0.2) is 18.1 Å². The average molecular weight is 280 g/mol. The van der Waals surface area contributed by atoms with E-state index in [-0.39, 0.29) is 18.6 Å². The molecule has 0 aliphatic carbocycles. The SMILES string of the molecule is COc1ccc(CN)cc1OCC(=O)NC(C)C(C)C. The van der Waals surface area contributed by atoms with Crippen molar-refractivity contribution in [2.24, 2.45) is 11.7 Å². The van der Waals surface area contributed by atoms with Crippen LogP contribution in [-0.2, 0) is 11.3 Å². The van der Waals surface area contributed by atoms with Crippen LogP contribution in [0.4, 0.5) is 0 Å². The highest BCUT2D eigenvalue weighted by Gasteiger charge is 2.12. The van der Waals surface area contributed by atoms with E-state index in [0.717, 1.165) is 5.56 Å². The van der Waals surface area contributed by atoms with Gasteiger partial charge in [0.25, 0.3) is 5.91 Å². The highest BCUT2D eigenvalue weighted by Crippen LogP contribution is 2.27. The Morgan fingerprint density at radius 1 is 1.30 bits per heavy atom. The first-order chi connectivity index (χ1) is 9.47. The van der Waals surface area contributed by atoms with E-state index in [0.29, 0.717) is 24.0 Å². The summed E-state index contributed by atoms with van der Waals surface area (Å²) in [5.74, 6) is 1.36. The van der Waals surface area contributed by atoms with Crippen molar-refractivity contribution in [1.29, 1.82) is 0 Å². The van der Waals surface area contributed by atoms with Crippen LogP contribution in [0.15, 0.2) is 18.2 Å². The lowest BCUT2D eigenvalue weighted by Gasteiger charge is -2.18. The van der Waals surface area contributed by atoms with E-state index >= 15 is 0 Å². The number of hydrogen-bond acceptors (Lipinski definition) is 4. The lowest BCUT2D eigenvalue weighted by Crippen LogP contribution is -2.38. The second kappa shape index (κ2) is 7.75. The van der Waals surface area contributed by atoms with Crippen LogP contribution >= 0.6 is 0 Å². The Hall–Kier alpha value is -1.75. The second-order valence-corrected chi connectivity index (χ2v) is 5.08. The van der Waals surface area contributed by atoms with Crippen molar-refractivity contribution in [1.82, 2.24) is 5.32 Å². The zero-order valence-corrected chi connectivity index (χ0v) is 12.6. The molecule has 0 fully saturated rings. The van der Waals surface area contributed by atoms with Crippen molar-refractivity contribution < 1.29 is 14.3 Å². The largest absolute Gasteiger partial charge is 0.493 e. The summed E-state index contributed by atoms with van der Waals surface area (Å²) >= 11 is 0. The summed E-state index contributed by atoms with van der Waals surface area (Å²) in [5.41, 5.74) is 6.52. The molecule has 0 saturated heterocycles. The molecule has 112 valence electrons. The summed E-state index contributed by atoms with van der Waals surface area (Å²) < 4.78 is 10.7. The molecule has 0 aromatic heterocycles. The van der Waals surface area contributed by atoms with E-state index in [4.69, 9.17) is 15.2 Å². The molecular formula is C15H24N2O3. The van der Waals surface area contributed by atoms with E-state index in [9.17, 15) is 4.79 Å². The Balaban J connectivity index is 2.62. The predicted molar refractivity (Wildman–Crippen MR) is 78.8 cm³/mol. The number of ether oxygens (including phenoxy) is 2. The van der Waals surface area contributed by atoms with Gasteiger partial charge in [0.05, 0.1) is 7.11 Å². The van der Waals surface area contributed by atoms with Crippen molar-refractivity contribution in [3.8, 4) is 11.5 Å². The summed E-state index contributed by atoms with van der Waals surface area (Å²) in [6.45, 7) is 6.45. The maximum atomic E-state index is 11.8. The third kappa shape index (κ3) is 4.74. The first-order valence-electron chi connectivity index (χ1n) is 6.77. The number of carbonyl (C=O) groups is 1. The van der Waals surface area contributed by atoms with Gasteiger partial charge in [-0.15, -0.1) is 0 Å². The number of rotatable bonds is 7. The third-order valence-corrected chi connectivity index (χ3v) is 3.21. The van der Waals surface area contributed by atoms with Gasteiger partial charge in [-0.05, 0) is 30.5 Å². The predicted octanol–water partition coefficient (Wildman–Crippen LogP) is 1.69. The first-order valence-corrected chi connectivity index (χ1v) is 6.77. The minimum atomic E-state index is -0.147. The fraction of sp³-hybridized carbons (Fsp3) is 0.533. The molecule has 1 aromatic carbocycles. The third-order valence-electron chi connectivity index (χ3n) is 3.21. The van der Waals surface area contributed by atoms with Crippen molar-refractivity contribution in [2.45, 2.75) is 33.4 Å². The van der Waals surface area contributed by atoms with E-state index in [2.05, 4.69) is 19.2 Å². The Labute approximate surface area is 120 Å². The van der Waals surface area contributed by atoms with Gasteiger partial charge in [0.1, 0.15) is 0 Å². The molecule has 1 amide bonds. The van der Waals surface area contributed by atoms with E-state index in [1.165, 1.54) is 0 Å². The zero-order chi connectivity index (χ0) is 15.1. The van der Waals surface area contributed by atoms with Crippen LogP contribution in [-0.4, -0.2) is 25.7 Å². The summed E-state index contributed by atoms with van der Waals surface area (Å²) in [6.07, 6.45) is 0. The van der Waals surface area contributed by atoms with Crippen LogP contribution in [0.25, 0.3) is 0 Å². The minimum Gasteiger partial charge on any atom is -0.493 e. The molecule has 0 radical (unpaired) electrons. The second-order valence-electron chi connectivity index (χ2n) is 5.08. The molecule has 0 heterocycles. The number of nitrogens with one attached hydrogen (secondary N) is 1. The molecule has 0 saturated carbocycles. The van der Waals surface area contributed by atoms with E-state index < -0.39 is 0 Å². The van der Waals surface area contributed by atoms with Crippen LogP contribution in [0.5, 0.6) is 11.5 Å².